The lowest BCUT2D eigenvalue weighted by molar-refractivity contribution is -0.117. The number of carbonyl (C=O) groups excluding carboxylic acids is 1. The van der Waals surface area contributed by atoms with Crippen molar-refractivity contribution in [2.45, 2.75) is 32.0 Å². The van der Waals surface area contributed by atoms with Gasteiger partial charge in [-0.2, -0.15) is 5.10 Å². The number of nitrogens with zero attached hydrogens (tertiary/aromatic N) is 5. The van der Waals surface area contributed by atoms with Gasteiger partial charge in [0, 0.05) is 30.9 Å². The molecule has 10 heteroatoms. The first-order chi connectivity index (χ1) is 17.4. The highest BCUT2D eigenvalue weighted by Gasteiger charge is 2.29. The molecule has 5 rings (SSSR count). The standard InChI is InChI=1S/C26H29N7O3/c1-4-23(34)29-18-8-7-11-36-25-19(14-27-32(25)3)21-13-17(12-16(2)28-21)24(35)31-26-30-20-9-5-6-10-22(20)33(26)15-18/h4-6,9-10,12-14,18,24,35H,1,7-8,11,15H2,2-3H3,(H,29,34)(H,30,31). The zero-order chi connectivity index (χ0) is 25.2. The van der Waals surface area contributed by atoms with E-state index in [1.807, 2.05) is 55.3 Å². The molecule has 0 spiro atoms. The predicted octanol–water partition coefficient (Wildman–Crippen LogP) is 2.91. The van der Waals surface area contributed by atoms with E-state index < -0.39 is 6.23 Å². The van der Waals surface area contributed by atoms with Crippen LogP contribution < -0.4 is 20.3 Å². The molecule has 2 bridgehead atoms. The van der Waals surface area contributed by atoms with E-state index >= 15 is 0 Å². The van der Waals surface area contributed by atoms with Crippen molar-refractivity contribution in [2.24, 2.45) is 12.0 Å². The highest BCUT2D eigenvalue weighted by Crippen LogP contribution is 2.35. The maximum Gasteiger partial charge on any atom is 0.243 e. The van der Waals surface area contributed by atoms with E-state index in [4.69, 9.17) is 4.74 Å². The van der Waals surface area contributed by atoms with Gasteiger partial charge in [-0.25, -0.2) is 9.67 Å². The second-order valence-electron chi connectivity index (χ2n) is 8.89. The Morgan fingerprint density at radius 1 is 1.33 bits per heavy atom. The van der Waals surface area contributed by atoms with Gasteiger partial charge in [0.25, 0.3) is 0 Å². The minimum Gasteiger partial charge on any atom is -0.477 e. The number of aryl methyl sites for hydroxylation is 2. The Morgan fingerprint density at radius 3 is 3.00 bits per heavy atom. The van der Waals surface area contributed by atoms with E-state index in [2.05, 4.69) is 32.3 Å². The van der Waals surface area contributed by atoms with Gasteiger partial charge in [0.05, 0.1) is 35.4 Å². The van der Waals surface area contributed by atoms with Gasteiger partial charge in [0.15, 0.2) is 6.23 Å². The first kappa shape index (κ1) is 23.6. The van der Waals surface area contributed by atoms with Crippen molar-refractivity contribution in [3.63, 3.8) is 0 Å². The normalized spacial score (nSPS) is 20.8. The smallest absolute Gasteiger partial charge is 0.243 e. The number of hydrogen-bond donors (Lipinski definition) is 3. The number of benzene rings is 1. The van der Waals surface area contributed by atoms with Gasteiger partial charge in [0.2, 0.25) is 17.7 Å². The molecule has 2 aromatic heterocycles. The number of aliphatic hydroxyl groups excluding tert-OH is 1. The topological polar surface area (TPSA) is 117 Å². The van der Waals surface area contributed by atoms with E-state index in [-0.39, 0.29) is 11.9 Å². The summed E-state index contributed by atoms with van der Waals surface area (Å²) in [5, 5.41) is 21.9. The lowest BCUT2D eigenvalue weighted by atomic mass is 10.1. The quantitative estimate of drug-likeness (QED) is 0.476. The molecule has 0 aliphatic carbocycles. The SMILES string of the molecule is C=CC(=O)NC1CCCOc2c(cnn2C)-c2cc(cc(C)n2)C(O)/N=C2\Nc3ccccc3N2C1. The van der Waals surface area contributed by atoms with Crippen LogP contribution in [0.1, 0.15) is 30.3 Å². The molecule has 2 atom stereocenters. The third-order valence-corrected chi connectivity index (χ3v) is 6.25. The van der Waals surface area contributed by atoms with Crippen LogP contribution in [0.15, 0.2) is 60.2 Å². The molecular weight excluding hydrogens is 458 g/mol. The number of nitrogens with one attached hydrogen (secondary N) is 2. The molecule has 4 heterocycles. The molecule has 2 aliphatic heterocycles. The second kappa shape index (κ2) is 9.82. The number of rotatable bonds is 2. The number of aliphatic imine (C=N–C) groups is 1. The number of amides is 1. The number of para-hydroxylation sites is 2. The van der Waals surface area contributed by atoms with Crippen molar-refractivity contribution in [3.05, 3.63) is 66.5 Å². The van der Waals surface area contributed by atoms with Crippen molar-refractivity contribution in [2.75, 3.05) is 23.4 Å². The Labute approximate surface area is 209 Å². The minimum atomic E-state index is -1.14. The number of aliphatic hydroxyl groups is 1. The Hall–Kier alpha value is -4.18. The monoisotopic (exact) mass is 487 g/mol. The van der Waals surface area contributed by atoms with E-state index in [1.165, 1.54) is 6.08 Å². The van der Waals surface area contributed by atoms with Crippen LogP contribution in [-0.4, -0.2) is 50.9 Å². The number of carbonyl (C=O) groups is 1. The first-order valence-electron chi connectivity index (χ1n) is 11.9. The molecule has 2 aliphatic rings. The summed E-state index contributed by atoms with van der Waals surface area (Å²) in [6, 6.07) is 11.2. The molecule has 1 amide bonds. The molecule has 36 heavy (non-hydrogen) atoms. The van der Waals surface area contributed by atoms with Crippen LogP contribution >= 0.6 is 0 Å². The van der Waals surface area contributed by atoms with Crippen molar-refractivity contribution < 1.29 is 14.6 Å². The third-order valence-electron chi connectivity index (χ3n) is 6.25. The number of guanidine groups is 1. The summed E-state index contributed by atoms with van der Waals surface area (Å²) in [6.45, 7) is 6.35. The van der Waals surface area contributed by atoms with E-state index in [0.717, 1.165) is 22.6 Å². The lowest BCUT2D eigenvalue weighted by Gasteiger charge is -2.26. The van der Waals surface area contributed by atoms with Crippen molar-refractivity contribution in [3.8, 4) is 17.1 Å². The summed E-state index contributed by atoms with van der Waals surface area (Å²) < 4.78 is 7.80. The highest BCUT2D eigenvalue weighted by molar-refractivity contribution is 6.14. The lowest BCUT2D eigenvalue weighted by Crippen LogP contribution is -2.45. The van der Waals surface area contributed by atoms with Gasteiger partial charge in [-0.15, -0.1) is 0 Å². The maximum atomic E-state index is 12.2. The van der Waals surface area contributed by atoms with Gasteiger partial charge < -0.3 is 25.4 Å². The van der Waals surface area contributed by atoms with Gasteiger partial charge >= 0.3 is 0 Å². The fourth-order valence-electron chi connectivity index (χ4n) is 4.54. The molecular formula is C26H29N7O3. The third kappa shape index (κ3) is 4.67. The number of ether oxygens (including phenoxy) is 1. The molecule has 186 valence electrons. The molecule has 10 nitrogen and oxygen atoms in total. The fourth-order valence-corrected chi connectivity index (χ4v) is 4.54. The molecule has 0 radical (unpaired) electrons. The summed E-state index contributed by atoms with van der Waals surface area (Å²) >= 11 is 0. The van der Waals surface area contributed by atoms with Crippen LogP contribution in [0, 0.1) is 6.92 Å². The van der Waals surface area contributed by atoms with Crippen LogP contribution in [0.4, 0.5) is 11.4 Å². The Balaban J connectivity index is 1.59. The van der Waals surface area contributed by atoms with Crippen LogP contribution in [0.3, 0.4) is 0 Å². The fraction of sp³-hybridized carbons (Fsp3) is 0.308. The summed E-state index contributed by atoms with van der Waals surface area (Å²) in [6.07, 6.45) is 3.19. The van der Waals surface area contributed by atoms with Crippen molar-refractivity contribution in [1.29, 1.82) is 0 Å². The molecule has 3 N–H and O–H groups in total. The first-order valence-corrected chi connectivity index (χ1v) is 11.9. The van der Waals surface area contributed by atoms with Crippen molar-refractivity contribution >= 4 is 23.2 Å². The van der Waals surface area contributed by atoms with Crippen LogP contribution in [0.25, 0.3) is 11.3 Å². The van der Waals surface area contributed by atoms with E-state index in [0.29, 0.717) is 49.1 Å². The Morgan fingerprint density at radius 2 is 2.17 bits per heavy atom. The molecule has 0 saturated heterocycles. The molecule has 0 fully saturated rings. The Bertz CT molecular complexity index is 1330. The highest BCUT2D eigenvalue weighted by atomic mass is 16.5. The van der Waals surface area contributed by atoms with Gasteiger partial charge in [-0.1, -0.05) is 18.7 Å². The molecule has 0 saturated carbocycles. The summed E-state index contributed by atoms with van der Waals surface area (Å²) in [5.74, 6) is 0.854. The zero-order valence-electron chi connectivity index (χ0n) is 20.3. The van der Waals surface area contributed by atoms with Crippen LogP contribution in [0.5, 0.6) is 5.88 Å². The number of fused-ring (bicyclic) bond motifs is 7. The molecule has 3 aromatic rings. The van der Waals surface area contributed by atoms with Crippen LogP contribution in [0.2, 0.25) is 0 Å². The van der Waals surface area contributed by atoms with Crippen LogP contribution in [-0.2, 0) is 11.8 Å². The van der Waals surface area contributed by atoms with E-state index in [9.17, 15) is 9.90 Å². The Kier molecular flexibility index (Phi) is 6.43. The van der Waals surface area contributed by atoms with Crippen molar-refractivity contribution in [1.82, 2.24) is 20.1 Å². The number of aromatic nitrogens is 3. The minimum absolute atomic E-state index is 0.213. The van der Waals surface area contributed by atoms with E-state index in [1.54, 1.807) is 10.9 Å². The zero-order valence-corrected chi connectivity index (χ0v) is 20.3. The van der Waals surface area contributed by atoms with Gasteiger partial charge in [0.1, 0.15) is 0 Å². The molecule has 2 unspecified atom stereocenters. The largest absolute Gasteiger partial charge is 0.477 e. The summed E-state index contributed by atoms with van der Waals surface area (Å²) in [5.41, 5.74) is 4.54. The number of hydrogen-bond acceptors (Lipinski definition) is 8. The average Bonchev–Trinajstić information content (AvgIpc) is 3.40. The maximum absolute atomic E-state index is 12.2. The summed E-state index contributed by atoms with van der Waals surface area (Å²) in [4.78, 5) is 23.5. The number of anilines is 2. The number of pyridine rings is 1. The van der Waals surface area contributed by atoms with Gasteiger partial charge in [-0.3, -0.25) is 9.78 Å². The predicted molar refractivity (Wildman–Crippen MR) is 138 cm³/mol. The average molecular weight is 488 g/mol. The second-order valence-corrected chi connectivity index (χ2v) is 8.89. The van der Waals surface area contributed by atoms with Gasteiger partial charge in [-0.05, 0) is 50.1 Å². The molecule has 1 aromatic carbocycles. The summed E-state index contributed by atoms with van der Waals surface area (Å²) in [7, 11) is 1.81.